The van der Waals surface area contributed by atoms with Crippen molar-refractivity contribution in [1.29, 1.82) is 5.41 Å². The Bertz CT molecular complexity index is 1550. The van der Waals surface area contributed by atoms with Crippen molar-refractivity contribution in [2.45, 2.75) is 13.0 Å². The van der Waals surface area contributed by atoms with Crippen LogP contribution in [0.15, 0.2) is 59.7 Å². The molecule has 40 heavy (non-hydrogen) atoms. The van der Waals surface area contributed by atoms with Gasteiger partial charge in [-0.2, -0.15) is 0 Å². The number of amidine groups is 1. The first-order chi connectivity index (χ1) is 19.3. The molecule has 208 valence electrons. The van der Waals surface area contributed by atoms with Crippen LogP contribution in [0.25, 0.3) is 5.95 Å². The fourth-order valence-electron chi connectivity index (χ4n) is 3.76. The van der Waals surface area contributed by atoms with Crippen LogP contribution in [0, 0.1) is 5.41 Å². The quantitative estimate of drug-likeness (QED) is 0.0663. The average Bonchev–Trinajstić information content (AvgIpc) is 3.32. The van der Waals surface area contributed by atoms with E-state index in [-0.39, 0.29) is 28.9 Å². The second kappa shape index (κ2) is 12.5. The number of nitrogens with two attached hydrogens (primary N) is 1. The number of carbonyl (C=O) groups excluding carboxylic acids is 1. The molecule has 14 heteroatoms. The predicted octanol–water partition coefficient (Wildman–Crippen LogP) is 1.80. The van der Waals surface area contributed by atoms with Crippen LogP contribution in [-0.4, -0.2) is 64.0 Å². The molecule has 0 aliphatic carbocycles. The van der Waals surface area contributed by atoms with Crippen molar-refractivity contribution in [3.05, 3.63) is 82.3 Å². The Morgan fingerprint density at radius 2 is 1.88 bits per heavy atom. The number of hydrogen-bond acceptors (Lipinski definition) is 11. The van der Waals surface area contributed by atoms with Gasteiger partial charge in [-0.1, -0.05) is 0 Å². The van der Waals surface area contributed by atoms with Crippen LogP contribution in [0.2, 0.25) is 0 Å². The van der Waals surface area contributed by atoms with Crippen LogP contribution >= 0.6 is 0 Å². The second-order valence-corrected chi connectivity index (χ2v) is 8.35. The molecule has 0 spiro atoms. The molecule has 1 atom stereocenters. The largest absolute Gasteiger partial charge is 0.497 e. The molecule has 2 aromatic carbocycles. The Morgan fingerprint density at radius 1 is 1.12 bits per heavy atom. The summed E-state index contributed by atoms with van der Waals surface area (Å²) in [6.07, 6.45) is 3.00. The monoisotopic (exact) mass is 548 g/mol. The maximum atomic E-state index is 12.9. The summed E-state index contributed by atoms with van der Waals surface area (Å²) in [5.74, 6) is 0.555. The number of methoxy groups -OCH3 is 2. The first-order valence-corrected chi connectivity index (χ1v) is 12.0. The van der Waals surface area contributed by atoms with Crippen molar-refractivity contribution >= 4 is 17.5 Å². The first kappa shape index (κ1) is 27.8. The summed E-state index contributed by atoms with van der Waals surface area (Å²) in [7, 11) is 3.10. The smallest absolute Gasteiger partial charge is 0.350 e. The minimum Gasteiger partial charge on any atom is -0.497 e. The summed E-state index contributed by atoms with van der Waals surface area (Å²) in [5.41, 5.74) is 6.45. The number of nitrogen functional groups attached to an aromatic ring is 1. The van der Waals surface area contributed by atoms with Gasteiger partial charge in [-0.3, -0.25) is 15.2 Å². The van der Waals surface area contributed by atoms with Gasteiger partial charge in [0.2, 0.25) is 0 Å². The Balaban J connectivity index is 1.82. The fourth-order valence-corrected chi connectivity index (χ4v) is 3.76. The number of hydrogen-bond donors (Lipinski definition) is 4. The normalized spacial score (nSPS) is 11.5. The number of nitrogens with one attached hydrogen (secondary N) is 3. The highest BCUT2D eigenvalue weighted by Crippen LogP contribution is 2.33. The zero-order valence-corrected chi connectivity index (χ0v) is 22.0. The third-order valence-electron chi connectivity index (χ3n) is 5.51. The summed E-state index contributed by atoms with van der Waals surface area (Å²) in [6, 6.07) is 10.8. The summed E-state index contributed by atoms with van der Waals surface area (Å²) in [4.78, 5) is 35.5. The van der Waals surface area contributed by atoms with Crippen LogP contribution in [0.5, 0.6) is 17.2 Å². The lowest BCUT2D eigenvalue weighted by molar-refractivity contribution is -0.131. The number of aromatic amines is 1. The molecule has 0 saturated carbocycles. The van der Waals surface area contributed by atoms with E-state index in [9.17, 15) is 9.59 Å². The van der Waals surface area contributed by atoms with Gasteiger partial charge in [0.25, 0.3) is 5.95 Å². The Morgan fingerprint density at radius 3 is 2.55 bits per heavy atom. The van der Waals surface area contributed by atoms with Crippen molar-refractivity contribution < 1.29 is 23.7 Å². The number of rotatable bonds is 12. The van der Waals surface area contributed by atoms with Crippen molar-refractivity contribution in [2.75, 3.05) is 32.8 Å². The minimum absolute atomic E-state index is 0.0888. The van der Waals surface area contributed by atoms with E-state index in [0.717, 1.165) is 4.68 Å². The van der Waals surface area contributed by atoms with E-state index in [1.807, 2.05) is 0 Å². The van der Waals surface area contributed by atoms with Gasteiger partial charge in [0.05, 0.1) is 19.3 Å². The third kappa shape index (κ3) is 6.60. The number of benzene rings is 2. The molecule has 0 fully saturated rings. The van der Waals surface area contributed by atoms with E-state index in [1.165, 1.54) is 32.5 Å². The van der Waals surface area contributed by atoms with Crippen LogP contribution < -0.4 is 31.0 Å². The molecule has 0 aliphatic rings. The Kier molecular flexibility index (Phi) is 8.71. The summed E-state index contributed by atoms with van der Waals surface area (Å²) in [5, 5.41) is 15.6. The van der Waals surface area contributed by atoms with Crippen molar-refractivity contribution in [3.8, 4) is 23.2 Å². The molecular formula is C26H28N8O6. The molecule has 14 nitrogen and oxygen atoms in total. The topological polar surface area (TPSA) is 192 Å². The molecular weight excluding hydrogens is 520 g/mol. The number of esters is 1. The van der Waals surface area contributed by atoms with E-state index >= 15 is 0 Å². The molecule has 0 radical (unpaired) electrons. The lowest BCUT2D eigenvalue weighted by Crippen LogP contribution is -2.18. The molecule has 4 rings (SSSR count). The number of aromatic nitrogens is 5. The van der Waals surface area contributed by atoms with Gasteiger partial charge in [0.1, 0.15) is 35.7 Å². The third-order valence-corrected chi connectivity index (χ3v) is 5.51. The maximum Gasteiger partial charge on any atom is 0.350 e. The number of anilines is 1. The molecule has 2 aromatic heterocycles. The Hall–Kier alpha value is -5.24. The summed E-state index contributed by atoms with van der Waals surface area (Å²) < 4.78 is 22.7. The standard InChI is InChI=1S/C26H28N8O6/c1-15(35)40-21-13-17(5-6-20(21)23(27)28)31-22(16-11-18(38-3)14-19(12-16)39-10-9-37-2)24-32-26(36)34(33-24)25-29-7-4-8-30-25/h4-8,11-14,22,31H,9-10H2,1-3H3,(H3,27,28)(H,32,33,36). The van der Waals surface area contributed by atoms with Gasteiger partial charge < -0.3 is 30.0 Å². The van der Waals surface area contributed by atoms with Gasteiger partial charge in [0, 0.05) is 44.2 Å². The predicted molar refractivity (Wildman–Crippen MR) is 144 cm³/mol. The van der Waals surface area contributed by atoms with Gasteiger partial charge in [-0.25, -0.2) is 14.8 Å². The van der Waals surface area contributed by atoms with Crippen molar-refractivity contribution in [1.82, 2.24) is 24.7 Å². The lowest BCUT2D eigenvalue weighted by atomic mass is 10.0. The van der Waals surface area contributed by atoms with Gasteiger partial charge >= 0.3 is 11.7 Å². The Labute approximate surface area is 228 Å². The van der Waals surface area contributed by atoms with Crippen molar-refractivity contribution in [3.63, 3.8) is 0 Å². The van der Waals surface area contributed by atoms with Gasteiger partial charge in [0.15, 0.2) is 5.82 Å². The maximum absolute atomic E-state index is 12.9. The molecule has 0 bridgehead atoms. The summed E-state index contributed by atoms with van der Waals surface area (Å²) >= 11 is 0. The van der Waals surface area contributed by atoms with Crippen LogP contribution in [0.1, 0.15) is 29.9 Å². The van der Waals surface area contributed by atoms with E-state index in [0.29, 0.717) is 36.0 Å². The number of ether oxygens (including phenoxy) is 4. The average molecular weight is 549 g/mol. The molecule has 0 saturated heterocycles. The highest BCUT2D eigenvalue weighted by atomic mass is 16.5. The van der Waals surface area contributed by atoms with Crippen LogP contribution in [-0.2, 0) is 9.53 Å². The van der Waals surface area contributed by atoms with E-state index in [1.54, 1.807) is 43.5 Å². The molecule has 5 N–H and O–H groups in total. The first-order valence-electron chi connectivity index (χ1n) is 12.0. The minimum atomic E-state index is -0.772. The fraction of sp³-hybridized carbons (Fsp3) is 0.231. The highest BCUT2D eigenvalue weighted by Gasteiger charge is 2.23. The lowest BCUT2D eigenvalue weighted by Gasteiger charge is -2.21. The zero-order valence-electron chi connectivity index (χ0n) is 22.0. The molecule has 4 aromatic rings. The number of carbonyl (C=O) groups is 1. The van der Waals surface area contributed by atoms with Gasteiger partial charge in [-0.15, -0.1) is 9.78 Å². The van der Waals surface area contributed by atoms with Crippen LogP contribution in [0.3, 0.4) is 0 Å². The van der Waals surface area contributed by atoms with E-state index in [4.69, 9.17) is 30.1 Å². The van der Waals surface area contributed by atoms with Crippen LogP contribution in [0.4, 0.5) is 5.69 Å². The van der Waals surface area contributed by atoms with E-state index < -0.39 is 17.7 Å². The zero-order chi connectivity index (χ0) is 28.6. The SMILES string of the molecule is COCCOc1cc(OC)cc(C(Nc2ccc(C(=N)N)c(OC(C)=O)c2)c2nn(-c3ncccn3)c(=O)[nH]2)c1. The molecule has 0 amide bonds. The second-order valence-electron chi connectivity index (χ2n) is 8.35. The highest BCUT2D eigenvalue weighted by molar-refractivity contribution is 5.98. The summed E-state index contributed by atoms with van der Waals surface area (Å²) in [6.45, 7) is 1.93. The molecule has 0 aliphatic heterocycles. The molecule has 2 heterocycles. The van der Waals surface area contributed by atoms with Crippen molar-refractivity contribution in [2.24, 2.45) is 5.73 Å². The van der Waals surface area contributed by atoms with Gasteiger partial charge in [-0.05, 0) is 35.9 Å². The number of H-pyrrole nitrogens is 1. The molecule has 1 unspecified atom stereocenters. The van der Waals surface area contributed by atoms with E-state index in [2.05, 4.69) is 25.4 Å². The number of nitrogens with zero attached hydrogens (tertiary/aromatic N) is 4.